The summed E-state index contributed by atoms with van der Waals surface area (Å²) in [5.74, 6) is 0.362. The number of carboxylic acids is 1. The van der Waals surface area contributed by atoms with Crippen molar-refractivity contribution < 1.29 is 19.4 Å². The Balaban J connectivity index is 2.30. The molecule has 23 heavy (non-hydrogen) atoms. The summed E-state index contributed by atoms with van der Waals surface area (Å²) in [7, 11) is 3.63. The number of carbonyl (C=O) groups is 1. The summed E-state index contributed by atoms with van der Waals surface area (Å²) in [6.07, 6.45) is -0.00827. The van der Waals surface area contributed by atoms with E-state index in [9.17, 15) is 9.90 Å². The van der Waals surface area contributed by atoms with E-state index in [1.807, 2.05) is 24.8 Å². The van der Waals surface area contributed by atoms with E-state index in [0.717, 1.165) is 31.7 Å². The summed E-state index contributed by atoms with van der Waals surface area (Å²) < 4.78 is 11.1. The topological polar surface area (TPSA) is 62.2 Å². The third-order valence-electron chi connectivity index (χ3n) is 4.00. The summed E-state index contributed by atoms with van der Waals surface area (Å²) in [6, 6.07) is 4.71. The highest BCUT2D eigenvalue weighted by atomic mass is 16.5. The fourth-order valence-electron chi connectivity index (χ4n) is 2.80. The predicted molar refractivity (Wildman–Crippen MR) is 88.2 cm³/mol. The Bertz CT molecular complexity index is 539. The van der Waals surface area contributed by atoms with Crippen LogP contribution in [0.1, 0.15) is 25.5 Å². The van der Waals surface area contributed by atoms with E-state index in [1.54, 1.807) is 19.2 Å². The zero-order chi connectivity index (χ0) is 17.0. The van der Waals surface area contributed by atoms with Gasteiger partial charge < -0.3 is 19.5 Å². The van der Waals surface area contributed by atoms with E-state index in [2.05, 4.69) is 11.9 Å². The van der Waals surface area contributed by atoms with Crippen molar-refractivity contribution in [1.29, 1.82) is 0 Å². The maximum absolute atomic E-state index is 11.8. The van der Waals surface area contributed by atoms with Crippen molar-refractivity contribution in [2.75, 3.05) is 40.3 Å². The minimum absolute atomic E-state index is 0.00827. The molecule has 1 aromatic rings. The fourth-order valence-corrected chi connectivity index (χ4v) is 2.80. The Kier molecular flexibility index (Phi) is 5.85. The van der Waals surface area contributed by atoms with Crippen molar-refractivity contribution in [3.8, 4) is 11.5 Å². The molecule has 1 atom stereocenters. The maximum atomic E-state index is 11.8. The zero-order valence-electron chi connectivity index (χ0n) is 14.3. The monoisotopic (exact) mass is 322 g/mol. The molecule has 1 aliphatic rings. The first-order valence-corrected chi connectivity index (χ1v) is 7.92. The number of hydrogen-bond acceptors (Lipinski definition) is 5. The smallest absolute Gasteiger partial charge is 0.325 e. The molecule has 128 valence electrons. The number of piperazine rings is 1. The van der Waals surface area contributed by atoms with Gasteiger partial charge in [-0.1, -0.05) is 6.07 Å². The first-order valence-electron chi connectivity index (χ1n) is 7.92. The van der Waals surface area contributed by atoms with Gasteiger partial charge in [0, 0.05) is 26.2 Å². The van der Waals surface area contributed by atoms with Crippen LogP contribution in [0.3, 0.4) is 0 Å². The van der Waals surface area contributed by atoms with E-state index in [-0.39, 0.29) is 6.10 Å². The number of likely N-dealkylation sites (N-methyl/N-ethyl adjacent to an activating group) is 1. The average molecular weight is 322 g/mol. The van der Waals surface area contributed by atoms with Crippen molar-refractivity contribution in [2.45, 2.75) is 26.0 Å². The van der Waals surface area contributed by atoms with Crippen LogP contribution >= 0.6 is 0 Å². The van der Waals surface area contributed by atoms with Crippen molar-refractivity contribution in [3.05, 3.63) is 23.8 Å². The molecule has 2 rings (SSSR count). The highest BCUT2D eigenvalue weighted by Crippen LogP contribution is 2.33. The van der Waals surface area contributed by atoms with Crippen molar-refractivity contribution in [1.82, 2.24) is 9.80 Å². The van der Waals surface area contributed by atoms with Crippen LogP contribution in [0.5, 0.6) is 11.5 Å². The number of rotatable bonds is 6. The second-order valence-electron chi connectivity index (χ2n) is 6.16. The lowest BCUT2D eigenvalue weighted by molar-refractivity contribution is -0.144. The second-order valence-corrected chi connectivity index (χ2v) is 6.16. The molecule has 6 nitrogen and oxygen atoms in total. The zero-order valence-corrected chi connectivity index (χ0v) is 14.3. The number of ether oxygens (including phenoxy) is 2. The molecular weight excluding hydrogens is 296 g/mol. The van der Waals surface area contributed by atoms with Crippen LogP contribution in [0, 0.1) is 0 Å². The van der Waals surface area contributed by atoms with Gasteiger partial charge in [-0.2, -0.15) is 0 Å². The van der Waals surface area contributed by atoms with Gasteiger partial charge in [0.2, 0.25) is 0 Å². The normalized spacial score (nSPS) is 18.0. The van der Waals surface area contributed by atoms with E-state index in [0.29, 0.717) is 11.5 Å². The molecule has 0 aromatic heterocycles. The minimum atomic E-state index is -0.838. The highest BCUT2D eigenvalue weighted by Gasteiger charge is 2.30. The number of aliphatic carboxylic acids is 1. The van der Waals surface area contributed by atoms with Crippen LogP contribution in [0.2, 0.25) is 0 Å². The Morgan fingerprint density at radius 3 is 2.35 bits per heavy atom. The number of methoxy groups -OCH3 is 1. The standard InChI is InChI=1S/C17H26N2O4/c1-12(2)23-15-11-13(5-6-14(15)22-4)16(17(20)21)19-9-7-18(3)8-10-19/h5-6,11-12,16H,7-10H2,1-4H3,(H,20,21). The molecule has 0 saturated carbocycles. The maximum Gasteiger partial charge on any atom is 0.325 e. The molecule has 0 aliphatic carbocycles. The van der Waals surface area contributed by atoms with Gasteiger partial charge >= 0.3 is 5.97 Å². The lowest BCUT2D eigenvalue weighted by atomic mass is 10.0. The lowest BCUT2D eigenvalue weighted by Crippen LogP contribution is -2.47. The van der Waals surface area contributed by atoms with Gasteiger partial charge in [-0.05, 0) is 38.6 Å². The summed E-state index contributed by atoms with van der Waals surface area (Å²) in [6.45, 7) is 7.08. The van der Waals surface area contributed by atoms with E-state index in [1.165, 1.54) is 0 Å². The van der Waals surface area contributed by atoms with Crippen molar-refractivity contribution in [2.24, 2.45) is 0 Å². The molecule has 1 aromatic carbocycles. The first kappa shape index (κ1) is 17.6. The van der Waals surface area contributed by atoms with Crippen LogP contribution in [0.4, 0.5) is 0 Å². The largest absolute Gasteiger partial charge is 0.493 e. The molecule has 1 N–H and O–H groups in total. The minimum Gasteiger partial charge on any atom is -0.493 e. The molecule has 0 radical (unpaired) electrons. The molecule has 1 saturated heterocycles. The molecular formula is C17H26N2O4. The van der Waals surface area contributed by atoms with Crippen LogP contribution < -0.4 is 9.47 Å². The summed E-state index contributed by atoms with van der Waals surface area (Å²) in [5.41, 5.74) is 0.721. The molecule has 1 fully saturated rings. The molecule has 0 spiro atoms. The van der Waals surface area contributed by atoms with Crippen LogP contribution in [-0.2, 0) is 4.79 Å². The van der Waals surface area contributed by atoms with Gasteiger partial charge in [0.15, 0.2) is 11.5 Å². The van der Waals surface area contributed by atoms with Gasteiger partial charge in [-0.15, -0.1) is 0 Å². The molecule has 6 heteroatoms. The average Bonchev–Trinajstić information content (AvgIpc) is 2.49. The molecule has 1 aliphatic heterocycles. The number of carboxylic acid groups (broad SMARTS) is 1. The van der Waals surface area contributed by atoms with Gasteiger partial charge in [0.1, 0.15) is 6.04 Å². The highest BCUT2D eigenvalue weighted by molar-refractivity contribution is 5.76. The Hall–Kier alpha value is -1.79. The first-order chi connectivity index (χ1) is 10.9. The molecule has 1 heterocycles. The number of nitrogens with zero attached hydrogens (tertiary/aromatic N) is 2. The van der Waals surface area contributed by atoms with Crippen molar-refractivity contribution >= 4 is 5.97 Å². The Morgan fingerprint density at radius 1 is 1.17 bits per heavy atom. The Morgan fingerprint density at radius 2 is 1.83 bits per heavy atom. The van der Waals surface area contributed by atoms with Gasteiger partial charge in [0.05, 0.1) is 13.2 Å². The number of hydrogen-bond donors (Lipinski definition) is 1. The SMILES string of the molecule is COc1ccc(C(C(=O)O)N2CCN(C)CC2)cc1OC(C)C. The third-order valence-corrected chi connectivity index (χ3v) is 4.00. The summed E-state index contributed by atoms with van der Waals surface area (Å²) in [4.78, 5) is 16.0. The van der Waals surface area contributed by atoms with Crippen LogP contribution in [-0.4, -0.2) is 67.3 Å². The van der Waals surface area contributed by atoms with Gasteiger partial charge in [0.25, 0.3) is 0 Å². The van der Waals surface area contributed by atoms with E-state index in [4.69, 9.17) is 9.47 Å². The van der Waals surface area contributed by atoms with Crippen molar-refractivity contribution in [3.63, 3.8) is 0 Å². The Labute approximate surface area is 137 Å². The van der Waals surface area contributed by atoms with E-state index >= 15 is 0 Å². The van der Waals surface area contributed by atoms with Crippen LogP contribution in [0.25, 0.3) is 0 Å². The number of benzene rings is 1. The lowest BCUT2D eigenvalue weighted by Gasteiger charge is -2.36. The summed E-state index contributed by atoms with van der Waals surface area (Å²) in [5, 5.41) is 9.72. The third kappa shape index (κ3) is 4.36. The fraction of sp³-hybridized carbons (Fsp3) is 0.588. The molecule has 0 amide bonds. The van der Waals surface area contributed by atoms with Crippen LogP contribution in [0.15, 0.2) is 18.2 Å². The van der Waals surface area contributed by atoms with E-state index < -0.39 is 12.0 Å². The predicted octanol–water partition coefficient (Wildman–Crippen LogP) is 1.86. The molecule has 0 bridgehead atoms. The van der Waals surface area contributed by atoms with Gasteiger partial charge in [-0.25, -0.2) is 0 Å². The molecule has 1 unspecified atom stereocenters. The quantitative estimate of drug-likeness (QED) is 0.862. The summed E-state index contributed by atoms with van der Waals surface area (Å²) >= 11 is 0. The van der Waals surface area contributed by atoms with Gasteiger partial charge in [-0.3, -0.25) is 9.69 Å². The second kappa shape index (κ2) is 7.66.